The summed E-state index contributed by atoms with van der Waals surface area (Å²) in [6, 6.07) is 0.152. The summed E-state index contributed by atoms with van der Waals surface area (Å²) in [4.78, 5) is 34.2. The lowest BCUT2D eigenvalue weighted by Crippen LogP contribution is -2.43. The second-order valence-corrected chi connectivity index (χ2v) is 7.77. The summed E-state index contributed by atoms with van der Waals surface area (Å²) in [5.41, 5.74) is 0.641. The lowest BCUT2D eigenvalue weighted by molar-refractivity contribution is -0.125. The minimum atomic E-state index is -0.185. The van der Waals surface area contributed by atoms with Crippen molar-refractivity contribution >= 4 is 22.9 Å². The van der Waals surface area contributed by atoms with E-state index >= 15 is 0 Å². The van der Waals surface area contributed by atoms with Crippen molar-refractivity contribution in [1.29, 1.82) is 0 Å². The average Bonchev–Trinajstić information content (AvgIpc) is 3.05. The van der Waals surface area contributed by atoms with E-state index in [1.807, 2.05) is 13.8 Å². The van der Waals surface area contributed by atoms with E-state index in [-0.39, 0.29) is 23.4 Å². The van der Waals surface area contributed by atoms with Gasteiger partial charge in [0.15, 0.2) is 5.65 Å². The first-order chi connectivity index (χ1) is 12.5. The summed E-state index contributed by atoms with van der Waals surface area (Å²) in [6.45, 7) is 5.55. The van der Waals surface area contributed by atoms with E-state index in [1.54, 1.807) is 0 Å². The van der Waals surface area contributed by atoms with Gasteiger partial charge < -0.3 is 10.2 Å². The van der Waals surface area contributed by atoms with E-state index < -0.39 is 0 Å². The van der Waals surface area contributed by atoms with E-state index in [0.717, 1.165) is 25.8 Å². The fraction of sp³-hybridized carbons (Fsp3) is 0.667. The Labute approximate surface area is 151 Å². The highest BCUT2D eigenvalue weighted by Gasteiger charge is 2.52. The molecule has 4 rings (SSSR count). The number of carbonyl (C=O) groups excluding carboxylic acids is 1. The van der Waals surface area contributed by atoms with Crippen LogP contribution in [0.2, 0.25) is 0 Å². The van der Waals surface area contributed by atoms with Crippen molar-refractivity contribution in [1.82, 2.24) is 25.5 Å². The van der Waals surface area contributed by atoms with Gasteiger partial charge in [-0.2, -0.15) is 10.1 Å². The first-order valence-electron chi connectivity index (χ1n) is 9.53. The van der Waals surface area contributed by atoms with E-state index in [9.17, 15) is 9.59 Å². The predicted molar refractivity (Wildman–Crippen MR) is 99.0 cm³/mol. The van der Waals surface area contributed by atoms with Crippen LogP contribution in [0.25, 0.3) is 11.0 Å². The van der Waals surface area contributed by atoms with Crippen LogP contribution in [0.5, 0.6) is 0 Å². The Morgan fingerprint density at radius 3 is 2.88 bits per heavy atom. The highest BCUT2D eigenvalue weighted by atomic mass is 16.2. The van der Waals surface area contributed by atoms with Crippen LogP contribution in [-0.4, -0.2) is 45.2 Å². The molecule has 8 heteroatoms. The van der Waals surface area contributed by atoms with Crippen LogP contribution in [0, 0.1) is 11.3 Å². The molecule has 2 aliphatic rings. The maximum absolute atomic E-state index is 12.4. The van der Waals surface area contributed by atoms with Gasteiger partial charge in [0, 0.05) is 25.0 Å². The molecular weight excluding hydrogens is 332 g/mol. The summed E-state index contributed by atoms with van der Waals surface area (Å²) in [5, 5.41) is 10.3. The van der Waals surface area contributed by atoms with Crippen molar-refractivity contribution in [3.05, 3.63) is 16.6 Å². The molecular formula is C18H26N6O2. The van der Waals surface area contributed by atoms with Crippen LogP contribution >= 0.6 is 0 Å². The molecule has 140 valence electrons. The van der Waals surface area contributed by atoms with Crippen LogP contribution in [0.15, 0.2) is 11.0 Å². The number of hydrogen-bond donors (Lipinski definition) is 3. The smallest absolute Gasteiger partial charge is 0.263 e. The molecule has 1 saturated heterocycles. The molecule has 1 aliphatic heterocycles. The van der Waals surface area contributed by atoms with Gasteiger partial charge in [0.2, 0.25) is 11.9 Å². The number of amides is 1. The molecule has 1 saturated carbocycles. The second-order valence-electron chi connectivity index (χ2n) is 7.77. The quantitative estimate of drug-likeness (QED) is 0.726. The number of nitrogens with one attached hydrogen (secondary N) is 3. The number of carbonyl (C=O) groups is 1. The van der Waals surface area contributed by atoms with Crippen LogP contribution in [0.1, 0.15) is 46.0 Å². The Balaban J connectivity index is 1.55. The van der Waals surface area contributed by atoms with Crippen molar-refractivity contribution in [3.63, 3.8) is 0 Å². The van der Waals surface area contributed by atoms with Crippen LogP contribution in [0.3, 0.4) is 0 Å². The van der Waals surface area contributed by atoms with Gasteiger partial charge in [-0.25, -0.2) is 0 Å². The van der Waals surface area contributed by atoms with Gasteiger partial charge in [0.25, 0.3) is 5.56 Å². The number of aromatic nitrogens is 4. The van der Waals surface area contributed by atoms with Crippen molar-refractivity contribution in [2.45, 2.75) is 52.0 Å². The van der Waals surface area contributed by atoms with Gasteiger partial charge >= 0.3 is 0 Å². The van der Waals surface area contributed by atoms with Gasteiger partial charge in [-0.05, 0) is 37.5 Å². The monoisotopic (exact) mass is 358 g/mol. The Kier molecular flexibility index (Phi) is 4.20. The Bertz CT molecular complexity index is 864. The minimum Gasteiger partial charge on any atom is -0.354 e. The highest BCUT2D eigenvalue weighted by molar-refractivity contribution is 5.78. The van der Waals surface area contributed by atoms with Gasteiger partial charge in [0.05, 0.1) is 6.20 Å². The Hall–Kier alpha value is -2.38. The minimum absolute atomic E-state index is 0.0685. The Morgan fingerprint density at radius 1 is 1.42 bits per heavy atom. The largest absolute Gasteiger partial charge is 0.354 e. The first kappa shape index (κ1) is 17.1. The van der Waals surface area contributed by atoms with Crippen LogP contribution < -0.4 is 15.8 Å². The van der Waals surface area contributed by atoms with Crippen molar-refractivity contribution < 1.29 is 4.79 Å². The van der Waals surface area contributed by atoms with Gasteiger partial charge in [-0.3, -0.25) is 19.7 Å². The van der Waals surface area contributed by atoms with Crippen molar-refractivity contribution in [2.75, 3.05) is 18.0 Å². The average molecular weight is 358 g/mol. The molecule has 2 fully saturated rings. The lowest BCUT2D eigenvalue weighted by Gasteiger charge is -2.26. The molecule has 3 N–H and O–H groups in total. The zero-order chi connectivity index (χ0) is 18.3. The number of rotatable bonds is 6. The predicted octanol–water partition coefficient (Wildman–Crippen LogP) is 1.56. The zero-order valence-corrected chi connectivity index (χ0v) is 15.3. The molecule has 1 amide bonds. The van der Waals surface area contributed by atoms with E-state index in [0.29, 0.717) is 28.9 Å². The topological polar surface area (TPSA) is 107 Å². The molecule has 0 aromatic carbocycles. The van der Waals surface area contributed by atoms with Gasteiger partial charge in [-0.1, -0.05) is 13.8 Å². The summed E-state index contributed by atoms with van der Waals surface area (Å²) < 4.78 is 0. The number of H-pyrrole nitrogens is 2. The summed E-state index contributed by atoms with van der Waals surface area (Å²) >= 11 is 0. The van der Waals surface area contributed by atoms with E-state index in [1.165, 1.54) is 19.0 Å². The number of hydrogen-bond acceptors (Lipinski definition) is 5. The number of nitrogens with zero attached hydrogens (tertiary/aromatic N) is 3. The summed E-state index contributed by atoms with van der Waals surface area (Å²) in [5.74, 6) is 0.758. The SMILES string of the molecule is CCC(CC)C(=O)NCC1CC2(CC2)CN1c1nc2[nH]ncc2c(=O)[nH]1. The van der Waals surface area contributed by atoms with Crippen LogP contribution in [-0.2, 0) is 4.79 Å². The maximum Gasteiger partial charge on any atom is 0.263 e. The molecule has 1 atom stereocenters. The standard InChI is InChI=1S/C18H26N6O2/c1-3-11(4-2)15(25)19-8-12-7-18(5-6-18)10-24(12)17-21-14-13(9-20-23-14)16(26)22-17/h9,11-12H,3-8,10H2,1-2H3,(H,19,25)(H2,20,21,22,23,26). The molecule has 2 aromatic heterocycles. The highest BCUT2D eigenvalue weighted by Crippen LogP contribution is 2.55. The van der Waals surface area contributed by atoms with E-state index in [2.05, 4.69) is 30.4 Å². The molecule has 8 nitrogen and oxygen atoms in total. The first-order valence-corrected chi connectivity index (χ1v) is 9.53. The zero-order valence-electron chi connectivity index (χ0n) is 15.3. The summed E-state index contributed by atoms with van der Waals surface area (Å²) in [7, 11) is 0. The van der Waals surface area contributed by atoms with Crippen molar-refractivity contribution in [3.8, 4) is 0 Å². The third kappa shape index (κ3) is 2.97. The lowest BCUT2D eigenvalue weighted by atomic mass is 10.0. The normalized spacial score (nSPS) is 21.0. The molecule has 1 spiro atoms. The molecule has 0 radical (unpaired) electrons. The maximum atomic E-state index is 12.4. The number of aromatic amines is 2. The van der Waals surface area contributed by atoms with Crippen molar-refractivity contribution in [2.24, 2.45) is 11.3 Å². The number of fused-ring (bicyclic) bond motifs is 1. The summed E-state index contributed by atoms with van der Waals surface area (Å²) in [6.07, 6.45) is 6.64. The fourth-order valence-corrected chi connectivity index (χ4v) is 4.13. The molecule has 26 heavy (non-hydrogen) atoms. The molecule has 3 heterocycles. The molecule has 1 unspecified atom stereocenters. The third-order valence-corrected chi connectivity index (χ3v) is 6.02. The Morgan fingerprint density at radius 2 is 2.19 bits per heavy atom. The van der Waals surface area contributed by atoms with Gasteiger partial charge in [0.1, 0.15) is 5.39 Å². The molecule has 0 bridgehead atoms. The molecule has 2 aromatic rings. The number of anilines is 1. The van der Waals surface area contributed by atoms with Crippen LogP contribution in [0.4, 0.5) is 5.95 Å². The van der Waals surface area contributed by atoms with Gasteiger partial charge in [-0.15, -0.1) is 0 Å². The molecule has 1 aliphatic carbocycles. The fourth-order valence-electron chi connectivity index (χ4n) is 4.13. The van der Waals surface area contributed by atoms with E-state index in [4.69, 9.17) is 0 Å². The third-order valence-electron chi connectivity index (χ3n) is 6.02. The second kappa shape index (κ2) is 6.41.